The number of sulfonamides is 1. The third-order valence-corrected chi connectivity index (χ3v) is 14.1. The van der Waals surface area contributed by atoms with E-state index < -0.39 is 19.1 Å². The first-order valence-corrected chi connectivity index (χ1v) is 20.2. The molecular formula is C32H63ClN2O4S2. The Morgan fingerprint density at radius 2 is 0.976 bits per heavy atom. The molecule has 8 aliphatic rings. The lowest BCUT2D eigenvalue weighted by Crippen LogP contribution is -2.45. The van der Waals surface area contributed by atoms with E-state index in [1.54, 1.807) is 39.0 Å². The van der Waals surface area contributed by atoms with Crippen LogP contribution in [0.5, 0.6) is 0 Å². The van der Waals surface area contributed by atoms with Gasteiger partial charge in [0.05, 0.1) is 11.5 Å². The predicted octanol–water partition coefficient (Wildman–Crippen LogP) is 7.42. The van der Waals surface area contributed by atoms with Crippen molar-refractivity contribution in [3.05, 3.63) is 0 Å². The number of nitrogens with two attached hydrogens (primary N) is 1. The van der Waals surface area contributed by atoms with Crippen LogP contribution in [0, 0.1) is 59.2 Å². The molecule has 9 heteroatoms. The van der Waals surface area contributed by atoms with E-state index in [0.29, 0.717) is 6.54 Å². The molecule has 0 aromatic heterocycles. The first kappa shape index (κ1) is 37.3. The minimum absolute atomic E-state index is 0. The largest absolute Gasteiger partial charge is 0.330 e. The van der Waals surface area contributed by atoms with Crippen LogP contribution < -0.4 is 10.5 Å². The second-order valence-electron chi connectivity index (χ2n) is 13.9. The summed E-state index contributed by atoms with van der Waals surface area (Å²) < 4.78 is 45.0. The van der Waals surface area contributed by atoms with Crippen LogP contribution in [0.15, 0.2) is 0 Å². The zero-order valence-electron chi connectivity index (χ0n) is 24.4. The van der Waals surface area contributed by atoms with E-state index in [1.165, 1.54) is 58.3 Å². The quantitative estimate of drug-likeness (QED) is 0.191. The van der Waals surface area contributed by atoms with Gasteiger partial charge in [-0.2, -0.15) is 0 Å². The van der Waals surface area contributed by atoms with Crippen LogP contribution in [-0.4, -0.2) is 41.4 Å². The molecule has 8 aliphatic carbocycles. The summed E-state index contributed by atoms with van der Waals surface area (Å²) in [6.45, 7) is 4.73. The van der Waals surface area contributed by atoms with Crippen molar-refractivity contribution in [2.45, 2.75) is 119 Å². The van der Waals surface area contributed by atoms with Gasteiger partial charge >= 0.3 is 0 Å². The lowest BCUT2D eigenvalue weighted by Gasteiger charge is -2.54. The molecule has 0 atom stereocenters. The highest BCUT2D eigenvalue weighted by Crippen LogP contribution is 2.58. The molecule has 3 N–H and O–H groups in total. The van der Waals surface area contributed by atoms with Gasteiger partial charge in [0.1, 0.15) is 0 Å². The van der Waals surface area contributed by atoms with Crippen LogP contribution in [0.4, 0.5) is 0 Å². The fraction of sp³-hybridized carbons (Fsp3) is 1.00. The first-order valence-electron chi connectivity index (χ1n) is 16.1. The van der Waals surface area contributed by atoms with Gasteiger partial charge in [-0.25, -0.2) is 21.6 Å². The van der Waals surface area contributed by atoms with Crippen molar-refractivity contribution in [3.63, 3.8) is 0 Å². The molecule has 41 heavy (non-hydrogen) atoms. The first-order chi connectivity index (χ1) is 18.5. The molecule has 0 amide bonds. The molecule has 0 spiro atoms. The van der Waals surface area contributed by atoms with Gasteiger partial charge in [-0.3, -0.25) is 0 Å². The average Bonchev–Trinajstić information content (AvgIpc) is 2.87. The Kier molecular flexibility index (Phi) is 14.9. The van der Waals surface area contributed by atoms with Crippen LogP contribution in [0.1, 0.15) is 119 Å². The van der Waals surface area contributed by atoms with Crippen LogP contribution in [-0.2, 0) is 19.1 Å². The van der Waals surface area contributed by atoms with Gasteiger partial charge in [0.2, 0.25) is 19.1 Å². The van der Waals surface area contributed by atoms with Crippen molar-refractivity contribution >= 4 is 29.8 Å². The van der Waals surface area contributed by atoms with Gasteiger partial charge in [-0.1, -0.05) is 21.8 Å². The molecular weight excluding hydrogens is 576 g/mol. The van der Waals surface area contributed by atoms with E-state index in [2.05, 4.69) is 15.4 Å². The second-order valence-corrected chi connectivity index (χ2v) is 19.0. The standard InChI is InChI=1S/C15H27NO2S.C13H23N.C2H5ClO2S.2CH4/c1-2-19(17,18)16-5-3-4-15-13-7-11-6-12(9-13)10-14(15)8-11;14-3-1-2-13-11-5-9-4-10(7-11)8-12(13)6-9;1-2-6(3,4)5;;/h11-16H,2-10H2,1H3;9-13H,1-8,14H2;2H2,1H3;2*1H4. The molecule has 8 fully saturated rings. The molecule has 0 unspecified atom stereocenters. The Bertz CT molecular complexity index is 932. The van der Waals surface area contributed by atoms with E-state index in [9.17, 15) is 16.8 Å². The van der Waals surface area contributed by atoms with Crippen LogP contribution >= 0.6 is 10.7 Å². The fourth-order valence-corrected chi connectivity index (χ4v) is 10.7. The normalized spacial score (nSPS) is 37.7. The van der Waals surface area contributed by atoms with Crippen molar-refractivity contribution in [3.8, 4) is 0 Å². The SMILES string of the molecule is C.C.CCS(=O)(=O)Cl.CCS(=O)(=O)NCCCC1C2CC3CC(C2)CC1C3.NCCCC1C2CC3CC(C2)CC1C3. The highest BCUT2D eigenvalue weighted by atomic mass is 35.7. The average molecular weight is 639 g/mol. The summed E-state index contributed by atoms with van der Waals surface area (Å²) >= 11 is 0. The summed E-state index contributed by atoms with van der Waals surface area (Å²) in [5.41, 5.74) is 5.63. The minimum atomic E-state index is -3.19. The van der Waals surface area contributed by atoms with Gasteiger partial charge in [-0.05, 0) is 163 Å². The number of rotatable bonds is 10. The highest BCUT2D eigenvalue weighted by Gasteiger charge is 2.48. The molecule has 0 aromatic carbocycles. The Hall–Kier alpha value is 0.110. The topological polar surface area (TPSA) is 106 Å². The summed E-state index contributed by atoms with van der Waals surface area (Å²) in [5, 5.41) is 0. The van der Waals surface area contributed by atoms with E-state index >= 15 is 0 Å². The minimum Gasteiger partial charge on any atom is -0.330 e. The number of nitrogens with one attached hydrogen (secondary N) is 1. The zero-order valence-corrected chi connectivity index (χ0v) is 26.8. The maximum absolute atomic E-state index is 11.4. The van der Waals surface area contributed by atoms with Crippen LogP contribution in [0.2, 0.25) is 0 Å². The highest BCUT2D eigenvalue weighted by molar-refractivity contribution is 8.13. The van der Waals surface area contributed by atoms with E-state index in [4.69, 9.17) is 5.73 Å². The number of halogens is 1. The van der Waals surface area contributed by atoms with Crippen LogP contribution in [0.25, 0.3) is 0 Å². The summed E-state index contributed by atoms with van der Waals surface area (Å²) in [6, 6.07) is 0. The Balaban J connectivity index is 0.000000237. The molecule has 8 saturated carbocycles. The van der Waals surface area contributed by atoms with Gasteiger partial charge in [0.25, 0.3) is 0 Å². The maximum Gasteiger partial charge on any atom is 0.232 e. The third-order valence-electron chi connectivity index (χ3n) is 11.3. The second kappa shape index (κ2) is 16.4. The molecule has 6 nitrogen and oxygen atoms in total. The number of hydrogen-bond acceptors (Lipinski definition) is 5. The molecule has 8 rings (SSSR count). The zero-order chi connectivity index (χ0) is 28.2. The fourth-order valence-electron chi connectivity index (χ4n) is 10.0. The van der Waals surface area contributed by atoms with Crippen molar-refractivity contribution in [2.75, 3.05) is 24.6 Å². The van der Waals surface area contributed by atoms with E-state index in [1.807, 2.05) is 0 Å². The Morgan fingerprint density at radius 3 is 1.27 bits per heavy atom. The summed E-state index contributed by atoms with van der Waals surface area (Å²) in [7, 11) is -1.49. The number of hydrogen-bond donors (Lipinski definition) is 2. The lowest BCUT2D eigenvalue weighted by molar-refractivity contribution is -0.0401. The van der Waals surface area contributed by atoms with Crippen LogP contribution in [0.3, 0.4) is 0 Å². The molecule has 244 valence electrons. The van der Waals surface area contributed by atoms with Gasteiger partial charge in [0, 0.05) is 17.2 Å². The molecule has 0 heterocycles. The van der Waals surface area contributed by atoms with Crippen molar-refractivity contribution in [1.82, 2.24) is 4.72 Å². The summed E-state index contributed by atoms with van der Waals surface area (Å²) in [4.78, 5) is 0. The van der Waals surface area contributed by atoms with Gasteiger partial charge in [-0.15, -0.1) is 0 Å². The summed E-state index contributed by atoms with van der Waals surface area (Å²) in [6.07, 6.45) is 20.2. The molecule has 0 saturated heterocycles. The van der Waals surface area contributed by atoms with Gasteiger partial charge in [0.15, 0.2) is 0 Å². The molecule has 0 aromatic rings. The van der Waals surface area contributed by atoms with Crippen molar-refractivity contribution < 1.29 is 16.8 Å². The summed E-state index contributed by atoms with van der Waals surface area (Å²) in [5.74, 6) is 10.7. The Labute approximate surface area is 258 Å². The third kappa shape index (κ3) is 10.6. The Morgan fingerprint density at radius 1 is 0.634 bits per heavy atom. The predicted molar refractivity (Wildman–Crippen MR) is 175 cm³/mol. The smallest absolute Gasteiger partial charge is 0.232 e. The monoisotopic (exact) mass is 638 g/mol. The maximum atomic E-state index is 11.4. The van der Waals surface area contributed by atoms with Gasteiger partial charge < -0.3 is 5.73 Å². The van der Waals surface area contributed by atoms with E-state index in [-0.39, 0.29) is 26.4 Å². The van der Waals surface area contributed by atoms with Crippen molar-refractivity contribution in [2.24, 2.45) is 64.9 Å². The van der Waals surface area contributed by atoms with Crippen molar-refractivity contribution in [1.29, 1.82) is 0 Å². The van der Waals surface area contributed by atoms with E-state index in [0.717, 1.165) is 72.1 Å². The molecule has 0 aliphatic heterocycles. The molecule has 8 bridgehead atoms. The lowest BCUT2D eigenvalue weighted by atomic mass is 9.51. The molecule has 0 radical (unpaired) electrons.